The number of rotatable bonds is 9. The Hall–Kier alpha value is -1.10. The Labute approximate surface area is 122 Å². The van der Waals surface area contributed by atoms with Crippen LogP contribution in [0.5, 0.6) is 5.75 Å². The average molecular weight is 281 g/mol. The van der Waals surface area contributed by atoms with Crippen LogP contribution in [0.1, 0.15) is 43.9 Å². The topological polar surface area (TPSA) is 50.7 Å². The fourth-order valence-corrected chi connectivity index (χ4v) is 2.35. The molecular weight excluding hydrogens is 254 g/mol. The molecular formula is C16H27NO3. The van der Waals surface area contributed by atoms with E-state index in [9.17, 15) is 0 Å². The molecule has 0 spiro atoms. The van der Waals surface area contributed by atoms with Crippen LogP contribution in [0.25, 0.3) is 0 Å². The molecule has 2 N–H and O–H groups in total. The first-order chi connectivity index (χ1) is 9.65. The van der Waals surface area contributed by atoms with Crippen molar-refractivity contribution >= 4 is 0 Å². The predicted molar refractivity (Wildman–Crippen MR) is 81.0 cm³/mol. The van der Waals surface area contributed by atoms with Crippen LogP contribution in [0.15, 0.2) is 18.2 Å². The summed E-state index contributed by atoms with van der Waals surface area (Å²) in [6, 6.07) is 6.73. The fourth-order valence-electron chi connectivity index (χ4n) is 2.35. The van der Waals surface area contributed by atoms with Crippen LogP contribution in [0, 0.1) is 0 Å². The summed E-state index contributed by atoms with van der Waals surface area (Å²) in [4.78, 5) is 0. The van der Waals surface area contributed by atoms with Crippen molar-refractivity contribution in [2.75, 3.05) is 20.8 Å². The van der Waals surface area contributed by atoms with E-state index in [1.54, 1.807) is 14.2 Å². The molecule has 0 aliphatic heterocycles. The Bertz CT molecular complexity index is 395. The Morgan fingerprint density at radius 1 is 1.30 bits per heavy atom. The molecule has 0 aliphatic carbocycles. The number of ether oxygens (including phenoxy) is 2. The zero-order valence-electron chi connectivity index (χ0n) is 13.0. The summed E-state index contributed by atoms with van der Waals surface area (Å²) in [6.07, 6.45) is 1.79. The maximum atomic E-state index is 9.06. The lowest BCUT2D eigenvalue weighted by molar-refractivity contribution is 0.181. The van der Waals surface area contributed by atoms with Gasteiger partial charge in [0.2, 0.25) is 0 Å². The molecule has 0 saturated heterocycles. The van der Waals surface area contributed by atoms with E-state index in [-0.39, 0.29) is 12.6 Å². The van der Waals surface area contributed by atoms with Crippen molar-refractivity contribution in [1.29, 1.82) is 0 Å². The van der Waals surface area contributed by atoms with Gasteiger partial charge in [-0.25, -0.2) is 0 Å². The first-order valence-corrected chi connectivity index (χ1v) is 7.18. The van der Waals surface area contributed by atoms with E-state index in [4.69, 9.17) is 14.6 Å². The molecule has 1 rings (SSSR count). The summed E-state index contributed by atoms with van der Waals surface area (Å²) < 4.78 is 10.6. The highest BCUT2D eigenvalue weighted by Crippen LogP contribution is 2.24. The molecule has 0 aliphatic rings. The van der Waals surface area contributed by atoms with Crippen molar-refractivity contribution < 1.29 is 14.6 Å². The zero-order valence-corrected chi connectivity index (χ0v) is 13.0. The molecule has 2 unspecified atom stereocenters. The Kier molecular flexibility index (Phi) is 7.59. The molecule has 20 heavy (non-hydrogen) atoms. The number of nitrogens with one attached hydrogen (secondary N) is 1. The minimum absolute atomic E-state index is 0.218. The van der Waals surface area contributed by atoms with Crippen molar-refractivity contribution in [2.24, 2.45) is 0 Å². The molecule has 0 saturated carbocycles. The minimum atomic E-state index is 0.218. The van der Waals surface area contributed by atoms with Crippen molar-refractivity contribution in [3.63, 3.8) is 0 Å². The molecule has 0 aromatic heterocycles. The molecule has 4 nitrogen and oxygen atoms in total. The molecule has 114 valence electrons. The minimum Gasteiger partial charge on any atom is -0.496 e. The largest absolute Gasteiger partial charge is 0.496 e. The van der Waals surface area contributed by atoms with E-state index in [1.807, 2.05) is 6.07 Å². The molecule has 0 radical (unpaired) electrons. The number of benzene rings is 1. The van der Waals surface area contributed by atoms with Crippen LogP contribution < -0.4 is 10.1 Å². The highest BCUT2D eigenvalue weighted by atomic mass is 16.5. The molecule has 2 atom stereocenters. The van der Waals surface area contributed by atoms with E-state index >= 15 is 0 Å². The molecule has 0 bridgehead atoms. The van der Waals surface area contributed by atoms with Crippen LogP contribution in [-0.2, 0) is 11.3 Å². The van der Waals surface area contributed by atoms with Gasteiger partial charge in [-0.2, -0.15) is 0 Å². The third kappa shape index (κ3) is 4.78. The van der Waals surface area contributed by atoms with Gasteiger partial charge in [-0.1, -0.05) is 13.0 Å². The van der Waals surface area contributed by atoms with Gasteiger partial charge in [0.1, 0.15) is 5.75 Å². The summed E-state index contributed by atoms with van der Waals surface area (Å²) in [6.45, 7) is 5.02. The van der Waals surface area contributed by atoms with E-state index in [0.717, 1.165) is 24.2 Å². The van der Waals surface area contributed by atoms with Crippen molar-refractivity contribution in [3.8, 4) is 5.75 Å². The van der Waals surface area contributed by atoms with Crippen LogP contribution in [0.3, 0.4) is 0 Å². The standard InChI is InChI=1S/C16H27NO3/c1-5-15(8-9-18)17-12(2)13-6-7-16(20-4)14(10-13)11-19-3/h6-7,10,12,15,17-18H,5,8-9,11H2,1-4H3. The highest BCUT2D eigenvalue weighted by molar-refractivity contribution is 5.38. The van der Waals surface area contributed by atoms with Gasteiger partial charge in [0.15, 0.2) is 0 Å². The van der Waals surface area contributed by atoms with E-state index in [1.165, 1.54) is 5.56 Å². The van der Waals surface area contributed by atoms with E-state index in [0.29, 0.717) is 12.6 Å². The number of methoxy groups -OCH3 is 2. The average Bonchev–Trinajstić information content (AvgIpc) is 2.46. The van der Waals surface area contributed by atoms with Crippen LogP contribution >= 0.6 is 0 Å². The Balaban J connectivity index is 2.81. The van der Waals surface area contributed by atoms with Gasteiger partial charge in [0.05, 0.1) is 13.7 Å². The second kappa shape index (κ2) is 8.95. The summed E-state index contributed by atoms with van der Waals surface area (Å²) in [5.74, 6) is 0.852. The number of aliphatic hydroxyl groups is 1. The number of hydrogen-bond donors (Lipinski definition) is 2. The molecule has 1 aromatic carbocycles. The van der Waals surface area contributed by atoms with Gasteiger partial charge in [-0.3, -0.25) is 0 Å². The normalized spacial score (nSPS) is 14.1. The van der Waals surface area contributed by atoms with Gasteiger partial charge in [-0.15, -0.1) is 0 Å². The van der Waals surface area contributed by atoms with Crippen LogP contribution in [0.4, 0.5) is 0 Å². The van der Waals surface area contributed by atoms with Gasteiger partial charge in [0, 0.05) is 31.4 Å². The molecule has 0 heterocycles. The molecule has 1 aromatic rings. The monoisotopic (exact) mass is 281 g/mol. The van der Waals surface area contributed by atoms with Gasteiger partial charge >= 0.3 is 0 Å². The van der Waals surface area contributed by atoms with E-state index in [2.05, 4.69) is 31.3 Å². The number of aliphatic hydroxyl groups excluding tert-OH is 1. The third-order valence-corrected chi connectivity index (χ3v) is 3.56. The third-order valence-electron chi connectivity index (χ3n) is 3.56. The SMILES string of the molecule is CCC(CCO)NC(C)c1ccc(OC)c(COC)c1. The predicted octanol–water partition coefficient (Wildman–Crippen LogP) is 2.65. The first-order valence-electron chi connectivity index (χ1n) is 7.18. The van der Waals surface area contributed by atoms with Crippen molar-refractivity contribution in [2.45, 2.75) is 45.4 Å². The fraction of sp³-hybridized carbons (Fsp3) is 0.625. The highest BCUT2D eigenvalue weighted by Gasteiger charge is 2.13. The lowest BCUT2D eigenvalue weighted by atomic mass is 10.0. The van der Waals surface area contributed by atoms with Crippen molar-refractivity contribution in [3.05, 3.63) is 29.3 Å². The summed E-state index contributed by atoms with van der Waals surface area (Å²) in [5, 5.41) is 12.6. The lowest BCUT2D eigenvalue weighted by Gasteiger charge is -2.23. The van der Waals surface area contributed by atoms with E-state index < -0.39 is 0 Å². The Morgan fingerprint density at radius 3 is 2.60 bits per heavy atom. The summed E-state index contributed by atoms with van der Waals surface area (Å²) >= 11 is 0. The maximum Gasteiger partial charge on any atom is 0.124 e. The lowest BCUT2D eigenvalue weighted by Crippen LogP contribution is -2.31. The molecule has 4 heteroatoms. The maximum absolute atomic E-state index is 9.06. The van der Waals surface area contributed by atoms with Gasteiger partial charge in [0.25, 0.3) is 0 Å². The zero-order chi connectivity index (χ0) is 15.0. The van der Waals surface area contributed by atoms with Crippen LogP contribution in [0.2, 0.25) is 0 Å². The van der Waals surface area contributed by atoms with Gasteiger partial charge < -0.3 is 19.9 Å². The van der Waals surface area contributed by atoms with Crippen LogP contribution in [-0.4, -0.2) is 32.0 Å². The second-order valence-electron chi connectivity index (χ2n) is 5.01. The number of hydrogen-bond acceptors (Lipinski definition) is 4. The van der Waals surface area contributed by atoms with Gasteiger partial charge in [-0.05, 0) is 37.5 Å². The smallest absolute Gasteiger partial charge is 0.124 e. The summed E-state index contributed by atoms with van der Waals surface area (Å²) in [5.41, 5.74) is 2.26. The molecule has 0 amide bonds. The first kappa shape index (κ1) is 17.0. The molecule has 0 fully saturated rings. The Morgan fingerprint density at radius 2 is 2.05 bits per heavy atom. The summed E-state index contributed by atoms with van der Waals surface area (Å²) in [7, 11) is 3.35. The van der Waals surface area contributed by atoms with Crippen molar-refractivity contribution in [1.82, 2.24) is 5.32 Å². The second-order valence-corrected chi connectivity index (χ2v) is 5.01. The quantitative estimate of drug-likeness (QED) is 0.730.